The molecule has 0 bridgehead atoms. The molecule has 3 rings (SSSR count). The van der Waals surface area contributed by atoms with Crippen molar-refractivity contribution in [3.05, 3.63) is 29.6 Å². The van der Waals surface area contributed by atoms with E-state index in [-0.39, 0.29) is 0 Å². The quantitative estimate of drug-likeness (QED) is 0.841. The van der Waals surface area contributed by atoms with Gasteiger partial charge in [-0.3, -0.25) is 0 Å². The van der Waals surface area contributed by atoms with Crippen molar-refractivity contribution >= 4 is 5.69 Å². The van der Waals surface area contributed by atoms with E-state index in [1.165, 1.54) is 19.3 Å². The fourth-order valence-electron chi connectivity index (χ4n) is 2.96. The van der Waals surface area contributed by atoms with E-state index in [4.69, 9.17) is 10.3 Å². The van der Waals surface area contributed by atoms with Crippen LogP contribution in [0.15, 0.2) is 22.7 Å². The Morgan fingerprint density at radius 3 is 2.90 bits per heavy atom. The highest BCUT2D eigenvalue weighted by atomic mass is 16.5. The average molecular weight is 271 g/mol. The Kier molecular flexibility index (Phi) is 3.47. The third kappa shape index (κ3) is 2.55. The van der Waals surface area contributed by atoms with Crippen LogP contribution in [0.2, 0.25) is 0 Å². The molecule has 1 aromatic carbocycles. The molecule has 1 heterocycles. The van der Waals surface area contributed by atoms with Gasteiger partial charge in [0.1, 0.15) is 0 Å². The van der Waals surface area contributed by atoms with E-state index < -0.39 is 0 Å². The minimum atomic E-state index is 0.444. The lowest BCUT2D eigenvalue weighted by atomic mass is 9.82. The maximum atomic E-state index is 5.94. The molecular formula is C16H21N3O. The molecule has 2 unspecified atom stereocenters. The molecule has 1 fully saturated rings. The van der Waals surface area contributed by atoms with Crippen molar-refractivity contribution < 1.29 is 4.52 Å². The van der Waals surface area contributed by atoms with Crippen molar-refractivity contribution in [2.45, 2.75) is 45.4 Å². The molecule has 106 valence electrons. The van der Waals surface area contributed by atoms with Crippen molar-refractivity contribution in [3.8, 4) is 11.5 Å². The van der Waals surface area contributed by atoms with E-state index in [2.05, 4.69) is 17.1 Å². The summed E-state index contributed by atoms with van der Waals surface area (Å²) in [5.41, 5.74) is 8.66. The Morgan fingerprint density at radius 2 is 2.15 bits per heavy atom. The highest BCUT2D eigenvalue weighted by Gasteiger charge is 2.24. The summed E-state index contributed by atoms with van der Waals surface area (Å²) in [6.07, 6.45) is 4.90. The van der Waals surface area contributed by atoms with Gasteiger partial charge in [0.05, 0.1) is 0 Å². The van der Waals surface area contributed by atoms with Gasteiger partial charge in [-0.1, -0.05) is 31.0 Å². The van der Waals surface area contributed by atoms with E-state index in [0.717, 1.165) is 35.0 Å². The van der Waals surface area contributed by atoms with Crippen LogP contribution in [0.1, 0.15) is 49.9 Å². The van der Waals surface area contributed by atoms with E-state index in [1.54, 1.807) is 0 Å². The number of aromatic nitrogens is 2. The first-order chi connectivity index (χ1) is 9.63. The second-order valence-corrected chi connectivity index (χ2v) is 6.00. The number of benzene rings is 1. The van der Waals surface area contributed by atoms with Crippen LogP contribution in [0, 0.1) is 12.8 Å². The second kappa shape index (κ2) is 5.27. The number of anilines is 1. The zero-order valence-corrected chi connectivity index (χ0v) is 12.1. The van der Waals surface area contributed by atoms with Gasteiger partial charge in [-0.15, -0.1) is 0 Å². The van der Waals surface area contributed by atoms with Crippen LogP contribution in [0.5, 0.6) is 0 Å². The highest BCUT2D eigenvalue weighted by molar-refractivity contribution is 5.62. The molecule has 2 aromatic rings. The Morgan fingerprint density at radius 1 is 1.30 bits per heavy atom. The Labute approximate surface area is 119 Å². The molecule has 0 amide bonds. The summed E-state index contributed by atoms with van der Waals surface area (Å²) >= 11 is 0. The standard InChI is InChI=1S/C16H21N3O/c1-10-4-3-5-12(8-10)15-18-16(20-19-15)13-7-6-11(2)14(17)9-13/h6-7,9-10,12H,3-5,8,17H2,1-2H3. The van der Waals surface area contributed by atoms with Gasteiger partial charge in [0.2, 0.25) is 0 Å². The van der Waals surface area contributed by atoms with E-state index in [0.29, 0.717) is 11.8 Å². The molecule has 0 spiro atoms. The van der Waals surface area contributed by atoms with Gasteiger partial charge >= 0.3 is 0 Å². The summed E-state index contributed by atoms with van der Waals surface area (Å²) in [5, 5.41) is 4.18. The summed E-state index contributed by atoms with van der Waals surface area (Å²) in [7, 11) is 0. The van der Waals surface area contributed by atoms with Crippen LogP contribution in [-0.4, -0.2) is 10.1 Å². The average Bonchev–Trinajstić information content (AvgIpc) is 2.92. The molecule has 1 aliphatic rings. The molecule has 1 aliphatic carbocycles. The van der Waals surface area contributed by atoms with E-state index >= 15 is 0 Å². The molecule has 0 radical (unpaired) electrons. The van der Waals surface area contributed by atoms with Crippen LogP contribution in [-0.2, 0) is 0 Å². The fourth-order valence-corrected chi connectivity index (χ4v) is 2.96. The molecule has 0 aliphatic heterocycles. The van der Waals surface area contributed by atoms with Gasteiger partial charge in [-0.05, 0) is 43.4 Å². The lowest BCUT2D eigenvalue weighted by molar-refractivity contribution is 0.324. The Bertz CT molecular complexity index is 606. The number of hydrogen-bond acceptors (Lipinski definition) is 4. The van der Waals surface area contributed by atoms with Gasteiger partial charge in [-0.25, -0.2) is 0 Å². The minimum absolute atomic E-state index is 0.444. The molecule has 1 saturated carbocycles. The van der Waals surface area contributed by atoms with Crippen molar-refractivity contribution in [2.24, 2.45) is 5.92 Å². The van der Waals surface area contributed by atoms with Crippen LogP contribution in [0.3, 0.4) is 0 Å². The fraction of sp³-hybridized carbons (Fsp3) is 0.500. The third-order valence-corrected chi connectivity index (χ3v) is 4.27. The Hall–Kier alpha value is -1.84. The maximum absolute atomic E-state index is 5.94. The van der Waals surface area contributed by atoms with Crippen LogP contribution in [0.25, 0.3) is 11.5 Å². The van der Waals surface area contributed by atoms with Gasteiger partial charge in [-0.2, -0.15) is 4.98 Å². The SMILES string of the molecule is Cc1ccc(-c2nc(C3CCCC(C)C3)no2)cc1N. The van der Waals surface area contributed by atoms with Crippen LogP contribution in [0.4, 0.5) is 5.69 Å². The number of nitrogen functional groups attached to an aromatic ring is 1. The topological polar surface area (TPSA) is 64.9 Å². The number of nitrogens with zero attached hydrogens (tertiary/aromatic N) is 2. The Balaban J connectivity index is 1.84. The number of rotatable bonds is 2. The van der Waals surface area contributed by atoms with Crippen LogP contribution >= 0.6 is 0 Å². The molecule has 4 heteroatoms. The van der Waals surface area contributed by atoms with E-state index in [9.17, 15) is 0 Å². The minimum Gasteiger partial charge on any atom is -0.398 e. The first-order valence-electron chi connectivity index (χ1n) is 7.33. The normalized spacial score (nSPS) is 22.9. The first kappa shape index (κ1) is 13.2. The summed E-state index contributed by atoms with van der Waals surface area (Å²) < 4.78 is 5.42. The van der Waals surface area contributed by atoms with Gasteiger partial charge in [0, 0.05) is 17.2 Å². The zero-order valence-electron chi connectivity index (χ0n) is 12.1. The van der Waals surface area contributed by atoms with Gasteiger partial charge in [0.15, 0.2) is 5.82 Å². The number of aryl methyl sites for hydroxylation is 1. The largest absolute Gasteiger partial charge is 0.398 e. The highest BCUT2D eigenvalue weighted by Crippen LogP contribution is 2.35. The maximum Gasteiger partial charge on any atom is 0.258 e. The van der Waals surface area contributed by atoms with Crippen molar-refractivity contribution in [1.29, 1.82) is 0 Å². The molecule has 20 heavy (non-hydrogen) atoms. The number of nitrogens with two attached hydrogens (primary N) is 1. The molecular weight excluding hydrogens is 250 g/mol. The summed E-state index contributed by atoms with van der Waals surface area (Å²) in [6.45, 7) is 4.29. The first-order valence-corrected chi connectivity index (χ1v) is 7.33. The van der Waals surface area contributed by atoms with Crippen molar-refractivity contribution in [2.75, 3.05) is 5.73 Å². The van der Waals surface area contributed by atoms with E-state index in [1.807, 2.05) is 25.1 Å². The third-order valence-electron chi connectivity index (χ3n) is 4.27. The lowest BCUT2D eigenvalue weighted by Gasteiger charge is -2.23. The summed E-state index contributed by atoms with van der Waals surface area (Å²) in [4.78, 5) is 4.58. The van der Waals surface area contributed by atoms with Gasteiger partial charge in [0.25, 0.3) is 5.89 Å². The molecule has 4 nitrogen and oxygen atoms in total. The summed E-state index contributed by atoms with van der Waals surface area (Å²) in [5.74, 6) is 2.63. The second-order valence-electron chi connectivity index (χ2n) is 6.00. The predicted molar refractivity (Wildman–Crippen MR) is 79.3 cm³/mol. The van der Waals surface area contributed by atoms with Gasteiger partial charge < -0.3 is 10.3 Å². The van der Waals surface area contributed by atoms with Crippen LogP contribution < -0.4 is 5.73 Å². The summed E-state index contributed by atoms with van der Waals surface area (Å²) in [6, 6.07) is 5.86. The lowest BCUT2D eigenvalue weighted by Crippen LogP contribution is -2.12. The molecule has 0 saturated heterocycles. The zero-order chi connectivity index (χ0) is 14.1. The van der Waals surface area contributed by atoms with Crippen molar-refractivity contribution in [3.63, 3.8) is 0 Å². The monoisotopic (exact) mass is 271 g/mol. The molecule has 2 atom stereocenters. The smallest absolute Gasteiger partial charge is 0.258 e. The number of hydrogen-bond donors (Lipinski definition) is 1. The molecule has 1 aromatic heterocycles. The predicted octanol–water partition coefficient (Wildman–Crippen LogP) is 3.92. The van der Waals surface area contributed by atoms with Crippen molar-refractivity contribution in [1.82, 2.24) is 10.1 Å². The molecule has 2 N–H and O–H groups in total.